The van der Waals surface area contributed by atoms with E-state index in [0.29, 0.717) is 5.56 Å². The number of hydrogen-bond acceptors (Lipinski definition) is 6. The maximum absolute atomic E-state index is 13.4. The van der Waals surface area contributed by atoms with Gasteiger partial charge in [0, 0.05) is 0 Å². The Kier molecular flexibility index (Phi) is 9.35. The number of rotatable bonds is 11. The average molecular weight is 448 g/mol. The van der Waals surface area contributed by atoms with Gasteiger partial charge < -0.3 is 18.9 Å². The van der Waals surface area contributed by atoms with Gasteiger partial charge in [0.05, 0.1) is 38.4 Å². The van der Waals surface area contributed by atoms with Crippen LogP contribution in [0.5, 0.6) is 5.75 Å². The molecular weight excluding hydrogens is 431 g/mol. The van der Waals surface area contributed by atoms with Gasteiger partial charge in [-0.05, 0) is 12.1 Å². The van der Waals surface area contributed by atoms with E-state index in [9.17, 15) is 31.5 Å². The van der Waals surface area contributed by atoms with Crippen LogP contribution in [0.15, 0.2) is 30.3 Å². The third kappa shape index (κ3) is 7.00. The number of carbonyl (C=O) groups excluding carboxylic acids is 2. The summed E-state index contributed by atoms with van der Waals surface area (Å²) in [6, 6.07) is 8.37. The highest BCUT2D eigenvalue weighted by molar-refractivity contribution is 5.89. The molecule has 0 radical (unpaired) electrons. The zero-order valence-corrected chi connectivity index (χ0v) is 16.0. The first-order valence-electron chi connectivity index (χ1n) is 8.92. The minimum Gasteiger partial charge on any atom is -0.460 e. The minimum atomic E-state index is -2.35. The second-order valence-corrected chi connectivity index (χ2v) is 5.85. The zero-order chi connectivity index (χ0) is 22.8. The van der Waals surface area contributed by atoms with Crippen LogP contribution in [-0.4, -0.2) is 45.0 Å². The van der Waals surface area contributed by atoms with Crippen LogP contribution in [-0.2, 0) is 19.0 Å². The lowest BCUT2D eigenvalue weighted by Gasteiger charge is -2.09. The maximum atomic E-state index is 13.4. The summed E-state index contributed by atoms with van der Waals surface area (Å²) < 4.78 is 85.3. The van der Waals surface area contributed by atoms with Gasteiger partial charge in [0.15, 0.2) is 0 Å². The molecule has 0 heterocycles. The zero-order valence-electron chi connectivity index (χ0n) is 16.0. The van der Waals surface area contributed by atoms with Crippen molar-refractivity contribution in [1.82, 2.24) is 0 Å². The molecule has 0 aromatic heterocycles. The lowest BCUT2D eigenvalue weighted by Crippen LogP contribution is -2.16. The Morgan fingerprint density at radius 1 is 0.677 bits per heavy atom. The third-order valence-corrected chi connectivity index (χ3v) is 3.68. The van der Waals surface area contributed by atoms with Crippen molar-refractivity contribution < 1.29 is 50.5 Å². The number of hydrogen-bond donors (Lipinski definition) is 0. The van der Waals surface area contributed by atoms with E-state index in [1.807, 2.05) is 0 Å². The Bertz CT molecular complexity index is 878. The molecule has 0 saturated carbocycles. The fraction of sp³-hybridized carbons (Fsp3) is 0.300. The predicted octanol–water partition coefficient (Wildman–Crippen LogP) is 3.57. The SMILES string of the molecule is O=C(CCOCCOCCOC(=O)c1ccccc1)Oc1c(F)c(F)c(F)c(F)c1F. The molecule has 0 amide bonds. The van der Waals surface area contributed by atoms with Crippen LogP contribution < -0.4 is 4.74 Å². The van der Waals surface area contributed by atoms with Crippen molar-refractivity contribution in [3.63, 3.8) is 0 Å². The number of esters is 2. The van der Waals surface area contributed by atoms with E-state index in [1.54, 1.807) is 30.3 Å². The van der Waals surface area contributed by atoms with Gasteiger partial charge in [-0.2, -0.15) is 8.78 Å². The molecule has 2 aromatic carbocycles. The second-order valence-electron chi connectivity index (χ2n) is 5.85. The van der Waals surface area contributed by atoms with E-state index >= 15 is 0 Å². The first-order chi connectivity index (χ1) is 14.8. The smallest absolute Gasteiger partial charge is 0.338 e. The van der Waals surface area contributed by atoms with E-state index < -0.39 is 53.2 Å². The molecule has 2 rings (SSSR count). The van der Waals surface area contributed by atoms with Gasteiger partial charge in [-0.25, -0.2) is 18.0 Å². The van der Waals surface area contributed by atoms with E-state index in [0.717, 1.165) is 0 Å². The highest BCUT2D eigenvalue weighted by Crippen LogP contribution is 2.29. The molecule has 0 saturated heterocycles. The van der Waals surface area contributed by atoms with Crippen LogP contribution >= 0.6 is 0 Å². The van der Waals surface area contributed by atoms with Crippen LogP contribution in [0.2, 0.25) is 0 Å². The Labute approximate surface area is 173 Å². The van der Waals surface area contributed by atoms with Crippen LogP contribution in [0.25, 0.3) is 0 Å². The summed E-state index contributed by atoms with van der Waals surface area (Å²) in [7, 11) is 0. The Morgan fingerprint density at radius 3 is 1.81 bits per heavy atom. The number of carbonyl (C=O) groups is 2. The molecule has 0 aliphatic rings. The molecule has 11 heteroatoms. The Morgan fingerprint density at radius 2 is 1.19 bits per heavy atom. The molecule has 0 aliphatic heterocycles. The van der Waals surface area contributed by atoms with Gasteiger partial charge >= 0.3 is 11.9 Å². The highest BCUT2D eigenvalue weighted by atomic mass is 19.2. The quantitative estimate of drug-likeness (QED) is 0.131. The van der Waals surface area contributed by atoms with E-state index in [4.69, 9.17) is 14.2 Å². The number of benzene rings is 2. The molecule has 0 spiro atoms. The van der Waals surface area contributed by atoms with Gasteiger partial charge in [-0.1, -0.05) is 18.2 Å². The second kappa shape index (κ2) is 12.0. The molecular formula is C20H17F5O6. The van der Waals surface area contributed by atoms with E-state index in [1.165, 1.54) is 0 Å². The monoisotopic (exact) mass is 448 g/mol. The Hall–Kier alpha value is -3.05. The topological polar surface area (TPSA) is 71.1 Å². The number of halogens is 5. The minimum absolute atomic E-state index is 0.0158. The lowest BCUT2D eigenvalue weighted by molar-refractivity contribution is -0.136. The average Bonchev–Trinajstić information content (AvgIpc) is 2.78. The van der Waals surface area contributed by atoms with Gasteiger partial charge in [0.25, 0.3) is 0 Å². The van der Waals surface area contributed by atoms with Crippen molar-refractivity contribution in [3.05, 3.63) is 65.0 Å². The van der Waals surface area contributed by atoms with Gasteiger partial charge in [0.2, 0.25) is 34.8 Å². The van der Waals surface area contributed by atoms with Crippen LogP contribution in [0.3, 0.4) is 0 Å². The number of ether oxygens (including phenoxy) is 4. The summed E-state index contributed by atoms with van der Waals surface area (Å²) in [6.07, 6.45) is -0.506. The van der Waals surface area contributed by atoms with Crippen molar-refractivity contribution >= 4 is 11.9 Å². The largest absolute Gasteiger partial charge is 0.460 e. The first kappa shape index (κ1) is 24.2. The molecule has 31 heavy (non-hydrogen) atoms. The van der Waals surface area contributed by atoms with Crippen molar-refractivity contribution in [2.75, 3.05) is 33.0 Å². The summed E-state index contributed by atoms with van der Waals surface area (Å²) in [6.45, 7) is -0.00913. The van der Waals surface area contributed by atoms with Gasteiger partial charge in [0.1, 0.15) is 6.61 Å². The van der Waals surface area contributed by atoms with Crippen LogP contribution in [0.4, 0.5) is 22.0 Å². The summed E-state index contributed by atoms with van der Waals surface area (Å²) in [5.41, 5.74) is 0.406. The molecule has 0 aliphatic carbocycles. The van der Waals surface area contributed by atoms with Crippen molar-refractivity contribution in [1.29, 1.82) is 0 Å². The predicted molar refractivity (Wildman–Crippen MR) is 94.8 cm³/mol. The Balaban J connectivity index is 1.58. The first-order valence-corrected chi connectivity index (χ1v) is 8.92. The summed E-state index contributed by atoms with van der Waals surface area (Å²) in [4.78, 5) is 23.2. The van der Waals surface area contributed by atoms with E-state index in [2.05, 4.69) is 4.74 Å². The summed E-state index contributed by atoms with van der Waals surface area (Å²) in [5, 5.41) is 0. The standard InChI is InChI=1S/C20H17F5O6/c21-14-15(22)17(24)19(18(25)16(14)23)31-13(26)6-7-28-8-9-29-10-11-30-20(27)12-4-2-1-3-5-12/h1-5H,6-11H2. The fourth-order valence-corrected chi connectivity index (χ4v) is 2.17. The lowest BCUT2D eigenvalue weighted by atomic mass is 10.2. The summed E-state index contributed by atoms with van der Waals surface area (Å²) in [5.74, 6) is -14.7. The third-order valence-electron chi connectivity index (χ3n) is 3.68. The maximum Gasteiger partial charge on any atom is 0.338 e. The molecule has 0 unspecified atom stereocenters. The highest BCUT2D eigenvalue weighted by Gasteiger charge is 2.28. The normalized spacial score (nSPS) is 10.7. The van der Waals surface area contributed by atoms with Crippen LogP contribution in [0, 0.1) is 29.1 Å². The molecule has 0 atom stereocenters. The van der Waals surface area contributed by atoms with Crippen LogP contribution in [0.1, 0.15) is 16.8 Å². The van der Waals surface area contributed by atoms with Crippen molar-refractivity contribution in [3.8, 4) is 5.75 Å². The molecule has 2 aromatic rings. The van der Waals surface area contributed by atoms with Crippen molar-refractivity contribution in [2.45, 2.75) is 6.42 Å². The molecule has 0 fully saturated rings. The molecule has 6 nitrogen and oxygen atoms in total. The fourth-order valence-electron chi connectivity index (χ4n) is 2.17. The summed E-state index contributed by atoms with van der Waals surface area (Å²) >= 11 is 0. The van der Waals surface area contributed by atoms with Gasteiger partial charge in [-0.3, -0.25) is 4.79 Å². The molecule has 0 bridgehead atoms. The van der Waals surface area contributed by atoms with Gasteiger partial charge in [-0.15, -0.1) is 0 Å². The molecule has 168 valence electrons. The van der Waals surface area contributed by atoms with Crippen molar-refractivity contribution in [2.24, 2.45) is 0 Å². The van der Waals surface area contributed by atoms with E-state index in [-0.39, 0.29) is 33.0 Å². The molecule has 0 N–H and O–H groups in total.